The Labute approximate surface area is 109 Å². The Hall–Kier alpha value is -2.44. The maximum Gasteiger partial charge on any atom is 0.326 e. The summed E-state index contributed by atoms with van der Waals surface area (Å²) in [7, 11) is 0. The van der Waals surface area contributed by atoms with Crippen molar-refractivity contribution in [1.82, 2.24) is 15.4 Å². The first-order valence-electron chi connectivity index (χ1n) is 6.05. The summed E-state index contributed by atoms with van der Waals surface area (Å²) < 4.78 is 4.72. The molecular formula is C12H13N5O2. The fraction of sp³-hybridized carbons (Fsp3) is 0.333. The molecule has 0 bridgehead atoms. The van der Waals surface area contributed by atoms with Gasteiger partial charge in [0.1, 0.15) is 6.26 Å². The van der Waals surface area contributed by atoms with E-state index >= 15 is 0 Å². The molecule has 7 nitrogen and oxygen atoms in total. The van der Waals surface area contributed by atoms with Crippen LogP contribution in [0.15, 0.2) is 22.9 Å². The van der Waals surface area contributed by atoms with Crippen LogP contribution in [-0.4, -0.2) is 21.4 Å². The highest BCUT2D eigenvalue weighted by molar-refractivity contribution is 5.98. The fourth-order valence-electron chi connectivity index (χ4n) is 1.67. The average Bonchev–Trinajstić information content (AvgIpc) is 3.16. The van der Waals surface area contributed by atoms with Crippen molar-refractivity contribution < 1.29 is 9.32 Å². The van der Waals surface area contributed by atoms with Crippen molar-refractivity contribution in [3.63, 3.8) is 0 Å². The minimum absolute atomic E-state index is 0.389. The number of nitrogens with zero attached hydrogens (tertiary/aromatic N) is 3. The zero-order valence-corrected chi connectivity index (χ0v) is 10.4. The van der Waals surface area contributed by atoms with Gasteiger partial charge in [-0.25, -0.2) is 4.79 Å². The zero-order chi connectivity index (χ0) is 13.2. The predicted octanol–water partition coefficient (Wildman–Crippen LogP) is 2.29. The molecule has 1 fully saturated rings. The van der Waals surface area contributed by atoms with E-state index in [2.05, 4.69) is 26.0 Å². The third-order valence-corrected chi connectivity index (χ3v) is 2.90. The quantitative estimate of drug-likeness (QED) is 0.882. The van der Waals surface area contributed by atoms with E-state index in [1.54, 1.807) is 13.0 Å². The molecule has 2 aromatic heterocycles. The van der Waals surface area contributed by atoms with Crippen LogP contribution < -0.4 is 10.6 Å². The molecule has 0 aromatic carbocycles. The van der Waals surface area contributed by atoms with Gasteiger partial charge < -0.3 is 4.52 Å². The van der Waals surface area contributed by atoms with E-state index in [1.165, 1.54) is 19.1 Å². The van der Waals surface area contributed by atoms with Gasteiger partial charge in [0.25, 0.3) is 0 Å². The number of urea groups is 1. The highest BCUT2D eigenvalue weighted by Crippen LogP contribution is 2.38. The Bertz CT molecular complexity index is 588. The number of amides is 2. The lowest BCUT2D eigenvalue weighted by Gasteiger charge is -2.04. The van der Waals surface area contributed by atoms with Crippen LogP contribution in [0, 0.1) is 6.92 Å². The van der Waals surface area contributed by atoms with E-state index in [0.717, 1.165) is 11.3 Å². The van der Waals surface area contributed by atoms with Crippen molar-refractivity contribution in [2.45, 2.75) is 25.7 Å². The molecule has 3 rings (SSSR count). The van der Waals surface area contributed by atoms with Crippen molar-refractivity contribution in [3.05, 3.63) is 29.7 Å². The molecule has 0 radical (unpaired) electrons. The number of aryl methyl sites for hydroxylation is 1. The van der Waals surface area contributed by atoms with Gasteiger partial charge in [-0.15, -0.1) is 5.10 Å². The number of carbonyl (C=O) groups excluding carboxylic acids is 1. The molecule has 0 saturated heterocycles. The summed E-state index contributed by atoms with van der Waals surface area (Å²) in [5, 5.41) is 16.9. The van der Waals surface area contributed by atoms with E-state index in [4.69, 9.17) is 4.52 Å². The van der Waals surface area contributed by atoms with E-state index in [1.807, 2.05) is 6.07 Å². The number of anilines is 2. The number of aromatic nitrogens is 3. The number of hydrogen-bond acceptors (Lipinski definition) is 5. The van der Waals surface area contributed by atoms with Crippen LogP contribution in [0.5, 0.6) is 0 Å². The van der Waals surface area contributed by atoms with Gasteiger partial charge in [0.05, 0.1) is 5.69 Å². The fourth-order valence-corrected chi connectivity index (χ4v) is 1.67. The predicted molar refractivity (Wildman–Crippen MR) is 67.9 cm³/mol. The lowest BCUT2D eigenvalue weighted by atomic mass is 10.3. The Morgan fingerprint density at radius 3 is 2.74 bits per heavy atom. The van der Waals surface area contributed by atoms with Gasteiger partial charge in [0, 0.05) is 11.5 Å². The van der Waals surface area contributed by atoms with E-state index in [0.29, 0.717) is 17.6 Å². The van der Waals surface area contributed by atoms with Gasteiger partial charge in [-0.3, -0.25) is 10.6 Å². The molecule has 0 spiro atoms. The van der Waals surface area contributed by atoms with Crippen molar-refractivity contribution in [3.8, 4) is 0 Å². The summed E-state index contributed by atoms with van der Waals surface area (Å²) in [4.78, 5) is 11.7. The maximum absolute atomic E-state index is 11.7. The number of hydrogen-bond donors (Lipinski definition) is 2. The molecule has 0 atom stereocenters. The Kier molecular flexibility index (Phi) is 2.86. The number of rotatable bonds is 3. The van der Waals surface area contributed by atoms with Gasteiger partial charge in [-0.2, -0.15) is 5.10 Å². The molecule has 19 heavy (non-hydrogen) atoms. The van der Waals surface area contributed by atoms with Crippen LogP contribution >= 0.6 is 0 Å². The summed E-state index contributed by atoms with van der Waals surface area (Å²) >= 11 is 0. The van der Waals surface area contributed by atoms with Crippen LogP contribution in [0.2, 0.25) is 0 Å². The molecule has 7 heteroatoms. The van der Waals surface area contributed by atoms with Crippen molar-refractivity contribution in [2.75, 3.05) is 10.6 Å². The molecule has 0 unspecified atom stereocenters. The second kappa shape index (κ2) is 4.68. The van der Waals surface area contributed by atoms with E-state index < -0.39 is 6.03 Å². The lowest BCUT2D eigenvalue weighted by molar-refractivity contribution is 0.262. The molecule has 0 aliphatic heterocycles. The van der Waals surface area contributed by atoms with Gasteiger partial charge in [0.15, 0.2) is 11.6 Å². The minimum Gasteiger partial charge on any atom is -0.362 e. The summed E-state index contributed by atoms with van der Waals surface area (Å²) in [6.45, 7) is 1.79. The second-order valence-electron chi connectivity index (χ2n) is 4.54. The zero-order valence-electron chi connectivity index (χ0n) is 10.4. The molecule has 2 aromatic rings. The number of carbonyl (C=O) groups is 1. The summed E-state index contributed by atoms with van der Waals surface area (Å²) in [6.07, 6.45) is 3.81. The highest BCUT2D eigenvalue weighted by atomic mass is 16.5. The molecule has 1 aliphatic rings. The third kappa shape index (κ3) is 2.70. The Morgan fingerprint density at radius 1 is 1.32 bits per heavy atom. The smallest absolute Gasteiger partial charge is 0.326 e. The third-order valence-electron chi connectivity index (χ3n) is 2.90. The minimum atomic E-state index is -0.425. The number of nitrogens with one attached hydrogen (secondary N) is 2. The van der Waals surface area contributed by atoms with E-state index in [9.17, 15) is 4.79 Å². The summed E-state index contributed by atoms with van der Waals surface area (Å²) in [5.41, 5.74) is 1.74. The second-order valence-corrected chi connectivity index (χ2v) is 4.54. The normalized spacial score (nSPS) is 14.2. The topological polar surface area (TPSA) is 92.9 Å². The highest BCUT2D eigenvalue weighted by Gasteiger charge is 2.25. The maximum atomic E-state index is 11.7. The molecule has 1 saturated carbocycles. The Morgan fingerprint density at radius 2 is 2.16 bits per heavy atom. The van der Waals surface area contributed by atoms with Crippen LogP contribution in [-0.2, 0) is 0 Å². The Balaban J connectivity index is 1.61. The van der Waals surface area contributed by atoms with Crippen LogP contribution in [0.25, 0.3) is 0 Å². The largest absolute Gasteiger partial charge is 0.362 e. The average molecular weight is 259 g/mol. The lowest BCUT2D eigenvalue weighted by Crippen LogP contribution is -2.21. The van der Waals surface area contributed by atoms with Crippen LogP contribution in [0.3, 0.4) is 0 Å². The molecule has 2 amide bonds. The molecule has 2 N–H and O–H groups in total. The van der Waals surface area contributed by atoms with E-state index in [-0.39, 0.29) is 0 Å². The first-order valence-corrected chi connectivity index (χ1v) is 6.05. The van der Waals surface area contributed by atoms with Crippen LogP contribution in [0.4, 0.5) is 16.4 Å². The standard InChI is InChI=1S/C12H13N5O2/c1-7-6-19-17-11(7)14-12(18)13-10-5-4-9(15-16-10)8-2-3-8/h4-6,8H,2-3H2,1H3,(H2,13,14,16,17,18). The van der Waals surface area contributed by atoms with Gasteiger partial charge in [-0.05, 0) is 31.9 Å². The first kappa shape index (κ1) is 11.6. The monoisotopic (exact) mass is 259 g/mol. The van der Waals surface area contributed by atoms with Crippen molar-refractivity contribution >= 4 is 17.7 Å². The molecular weight excluding hydrogens is 246 g/mol. The van der Waals surface area contributed by atoms with Gasteiger partial charge >= 0.3 is 6.03 Å². The molecule has 1 aliphatic carbocycles. The summed E-state index contributed by atoms with van der Waals surface area (Å²) in [5.74, 6) is 1.34. The van der Waals surface area contributed by atoms with Gasteiger partial charge in [-0.1, -0.05) is 5.16 Å². The van der Waals surface area contributed by atoms with Crippen molar-refractivity contribution in [1.29, 1.82) is 0 Å². The SMILES string of the molecule is Cc1conc1NC(=O)Nc1ccc(C2CC2)nn1. The van der Waals surface area contributed by atoms with Gasteiger partial charge in [0.2, 0.25) is 0 Å². The summed E-state index contributed by atoms with van der Waals surface area (Å²) in [6, 6.07) is 3.21. The van der Waals surface area contributed by atoms with Crippen molar-refractivity contribution in [2.24, 2.45) is 0 Å². The van der Waals surface area contributed by atoms with Crippen LogP contribution in [0.1, 0.15) is 30.0 Å². The molecule has 2 heterocycles. The molecule has 98 valence electrons. The first-order chi connectivity index (χ1) is 9.22.